The van der Waals surface area contributed by atoms with Gasteiger partial charge in [0.2, 0.25) is 0 Å². The molecule has 3 N–H and O–H groups in total. The Kier molecular flexibility index (Phi) is 8.73. The number of ether oxygens (including phenoxy) is 1. The minimum Gasteiger partial charge on any atom is -0.469 e. The van der Waals surface area contributed by atoms with Crippen LogP contribution in [-0.4, -0.2) is 46.8 Å². The molecule has 0 aromatic carbocycles. The molecule has 0 atom stereocenters. The van der Waals surface area contributed by atoms with E-state index in [1.165, 1.54) is 12.7 Å². The minimum absolute atomic E-state index is 0.00766. The van der Waals surface area contributed by atoms with Crippen molar-refractivity contribution < 1.29 is 14.6 Å². The number of halogens is 4. The topological polar surface area (TPSA) is 96.4 Å². The molecule has 0 amide bonds. The molecule has 0 unspecified atom stereocenters. The zero-order valence-electron chi connectivity index (χ0n) is 23.1. The number of carbonyl (C=O) groups excluding carboxylic acids is 1. The van der Waals surface area contributed by atoms with Gasteiger partial charge in [-0.25, -0.2) is 9.97 Å². The van der Waals surface area contributed by atoms with Crippen molar-refractivity contribution in [3.05, 3.63) is 42.5 Å². The van der Waals surface area contributed by atoms with Gasteiger partial charge in [0.15, 0.2) is 0 Å². The van der Waals surface area contributed by atoms with Crippen LogP contribution in [0.15, 0.2) is 21.3 Å². The highest BCUT2D eigenvalue weighted by molar-refractivity contribution is 9.10. The fraction of sp³-hybridized carbons (Fsp3) is 0.621. The molecule has 6 rings (SSSR count). The summed E-state index contributed by atoms with van der Waals surface area (Å²) in [6.07, 6.45) is 11.2. The van der Waals surface area contributed by atoms with Crippen LogP contribution >= 0.6 is 55.1 Å². The van der Waals surface area contributed by atoms with E-state index in [0.717, 1.165) is 101 Å². The smallest absolute Gasteiger partial charge is 0.308 e. The van der Waals surface area contributed by atoms with Crippen LogP contribution in [0, 0.1) is 11.8 Å². The van der Waals surface area contributed by atoms with Gasteiger partial charge in [-0.3, -0.25) is 4.79 Å². The lowest BCUT2D eigenvalue weighted by Gasteiger charge is -2.41. The van der Waals surface area contributed by atoms with E-state index in [1.54, 1.807) is 12.4 Å². The Labute approximate surface area is 262 Å². The molecular formula is C29H36Br2Cl2N4O3. The highest BCUT2D eigenvalue weighted by Gasteiger charge is 2.47. The van der Waals surface area contributed by atoms with E-state index in [4.69, 9.17) is 27.9 Å². The van der Waals surface area contributed by atoms with Gasteiger partial charge < -0.3 is 20.5 Å². The molecule has 2 aliphatic carbocycles. The lowest BCUT2D eigenvalue weighted by Crippen LogP contribution is -2.40. The van der Waals surface area contributed by atoms with Gasteiger partial charge in [-0.05, 0) is 103 Å². The Bertz CT molecular complexity index is 1290. The monoisotopic (exact) mass is 716 g/mol. The van der Waals surface area contributed by atoms with Gasteiger partial charge in [-0.2, -0.15) is 0 Å². The maximum absolute atomic E-state index is 11.7. The zero-order valence-corrected chi connectivity index (χ0v) is 27.7. The number of methoxy groups -OCH3 is 1. The number of hydrogen-bond donors (Lipinski definition) is 3. The van der Waals surface area contributed by atoms with E-state index >= 15 is 0 Å². The molecule has 0 bridgehead atoms. The van der Waals surface area contributed by atoms with Crippen molar-refractivity contribution in [1.82, 2.24) is 9.97 Å². The van der Waals surface area contributed by atoms with Crippen LogP contribution in [0.4, 0.5) is 11.6 Å². The summed E-state index contributed by atoms with van der Waals surface area (Å²) in [6.45, 7) is 5.59. The third kappa shape index (κ3) is 5.50. The third-order valence-electron chi connectivity index (χ3n) is 9.61. The Hall–Kier alpha value is -1.13. The number of nitrogens with one attached hydrogen (secondary N) is 2. The molecule has 4 aliphatic rings. The van der Waals surface area contributed by atoms with Crippen molar-refractivity contribution in [3.8, 4) is 0 Å². The van der Waals surface area contributed by atoms with E-state index in [0.29, 0.717) is 5.92 Å². The van der Waals surface area contributed by atoms with Gasteiger partial charge in [0, 0.05) is 47.4 Å². The first-order chi connectivity index (χ1) is 18.9. The number of aliphatic hydroxyl groups is 1. The Morgan fingerprint density at radius 3 is 1.75 bits per heavy atom. The maximum Gasteiger partial charge on any atom is 0.308 e. The van der Waals surface area contributed by atoms with Gasteiger partial charge in [-0.15, -0.1) is 0 Å². The molecule has 0 radical (unpaired) electrons. The van der Waals surface area contributed by atoms with Gasteiger partial charge in [0.1, 0.15) is 11.6 Å². The Balaban J connectivity index is 0.000000161. The van der Waals surface area contributed by atoms with Gasteiger partial charge >= 0.3 is 5.97 Å². The number of aromatic nitrogens is 2. The second-order valence-corrected chi connectivity index (χ2v) is 14.7. The van der Waals surface area contributed by atoms with Crippen LogP contribution in [0.25, 0.3) is 0 Å². The molecule has 2 saturated carbocycles. The molecule has 2 spiro atoms. The average molecular weight is 719 g/mol. The lowest BCUT2D eigenvalue weighted by molar-refractivity contribution is -0.146. The van der Waals surface area contributed by atoms with E-state index in [9.17, 15) is 9.90 Å². The van der Waals surface area contributed by atoms with Crippen LogP contribution in [0.1, 0.15) is 76.3 Å². The molecule has 2 aromatic rings. The summed E-state index contributed by atoms with van der Waals surface area (Å²) in [5, 5.41) is 18.5. The summed E-state index contributed by atoms with van der Waals surface area (Å²) in [4.78, 5) is 20.5. The third-order valence-corrected chi connectivity index (χ3v) is 12.1. The second kappa shape index (κ2) is 11.5. The van der Waals surface area contributed by atoms with Crippen molar-refractivity contribution in [3.63, 3.8) is 0 Å². The Morgan fingerprint density at radius 2 is 1.35 bits per heavy atom. The summed E-state index contributed by atoms with van der Waals surface area (Å²) >= 11 is 19.9. The predicted octanol–water partition coefficient (Wildman–Crippen LogP) is 7.65. The summed E-state index contributed by atoms with van der Waals surface area (Å²) in [6, 6.07) is 0. The highest BCUT2D eigenvalue weighted by Crippen LogP contribution is 2.53. The lowest BCUT2D eigenvalue weighted by atomic mass is 9.65. The molecule has 7 nitrogen and oxygen atoms in total. The molecule has 218 valence electrons. The fourth-order valence-electron chi connectivity index (χ4n) is 7.15. The van der Waals surface area contributed by atoms with Crippen molar-refractivity contribution in [2.45, 2.75) is 81.6 Å². The molecule has 2 fully saturated rings. The molecule has 2 aliphatic heterocycles. The van der Waals surface area contributed by atoms with Crippen LogP contribution in [0.5, 0.6) is 0 Å². The number of anilines is 2. The number of esters is 1. The fourth-order valence-corrected chi connectivity index (χ4v) is 8.43. The number of hydrogen-bond acceptors (Lipinski definition) is 7. The van der Waals surface area contributed by atoms with Crippen LogP contribution in [0.3, 0.4) is 0 Å². The first kappa shape index (κ1) is 30.3. The van der Waals surface area contributed by atoms with Crippen LogP contribution in [0.2, 0.25) is 10.0 Å². The Morgan fingerprint density at radius 1 is 0.925 bits per heavy atom. The SMILES string of the molecule is CC(C)(O)C1CCC2(CC1)CNc1ncc(Br)c(Cl)c12.COC(=O)C1CCC2(CC1)CNc1ncc(Br)c(Cl)c12. The summed E-state index contributed by atoms with van der Waals surface area (Å²) in [5.41, 5.74) is 1.79. The summed E-state index contributed by atoms with van der Waals surface area (Å²) in [7, 11) is 1.46. The largest absolute Gasteiger partial charge is 0.469 e. The number of rotatable bonds is 2. The molecule has 40 heavy (non-hydrogen) atoms. The number of pyridine rings is 2. The van der Waals surface area contributed by atoms with E-state index in [-0.39, 0.29) is 22.7 Å². The van der Waals surface area contributed by atoms with Crippen molar-refractivity contribution in [2.24, 2.45) is 11.8 Å². The first-order valence-corrected chi connectivity index (χ1v) is 16.2. The quantitative estimate of drug-likeness (QED) is 0.275. The van der Waals surface area contributed by atoms with Gasteiger partial charge in [0.25, 0.3) is 0 Å². The number of carbonyl (C=O) groups is 1. The van der Waals surface area contributed by atoms with E-state index < -0.39 is 5.60 Å². The number of fused-ring (bicyclic) bond motifs is 4. The first-order valence-electron chi connectivity index (χ1n) is 13.9. The molecule has 2 aromatic heterocycles. The molecule has 0 saturated heterocycles. The summed E-state index contributed by atoms with van der Waals surface area (Å²) < 4.78 is 6.55. The van der Waals surface area contributed by atoms with Gasteiger partial charge in [-0.1, -0.05) is 23.2 Å². The average Bonchev–Trinajstić information content (AvgIpc) is 3.47. The standard InChI is InChI=1S/C15H20BrClN2O.C14H16BrClN2O2/c1-14(2,20)9-3-5-15(6-4-9)8-19-13-11(15)12(17)10(16)7-18-13;1-20-13(19)8-2-4-14(5-3-8)7-18-12-10(14)11(16)9(15)6-17-12/h7,9,20H,3-6,8H2,1-2H3,(H,18,19);6,8H,2-5,7H2,1H3,(H,17,18). The predicted molar refractivity (Wildman–Crippen MR) is 166 cm³/mol. The normalized spacial score (nSPS) is 28.7. The molecule has 11 heteroatoms. The highest BCUT2D eigenvalue weighted by atomic mass is 79.9. The molecule has 4 heterocycles. The van der Waals surface area contributed by atoms with Crippen LogP contribution < -0.4 is 10.6 Å². The van der Waals surface area contributed by atoms with E-state index in [2.05, 4.69) is 52.5 Å². The maximum atomic E-state index is 11.7. The minimum atomic E-state index is -0.588. The van der Waals surface area contributed by atoms with Crippen molar-refractivity contribution in [1.29, 1.82) is 0 Å². The summed E-state index contributed by atoms with van der Waals surface area (Å²) in [5.74, 6) is 2.11. The van der Waals surface area contributed by atoms with Crippen molar-refractivity contribution in [2.75, 3.05) is 30.8 Å². The van der Waals surface area contributed by atoms with E-state index in [1.807, 2.05) is 13.8 Å². The second-order valence-electron chi connectivity index (χ2n) is 12.3. The number of nitrogens with zero attached hydrogens (tertiary/aromatic N) is 2. The zero-order chi connectivity index (χ0) is 28.9. The van der Waals surface area contributed by atoms with Gasteiger partial charge in [0.05, 0.1) is 37.6 Å². The van der Waals surface area contributed by atoms with Crippen LogP contribution in [-0.2, 0) is 20.4 Å². The van der Waals surface area contributed by atoms with Crippen molar-refractivity contribution >= 4 is 72.7 Å². The molecular weight excluding hydrogens is 683 g/mol.